The zero-order valence-corrected chi connectivity index (χ0v) is 13.1. The smallest absolute Gasteiger partial charge is 0.416 e. The first-order valence-electron chi connectivity index (χ1n) is 6.91. The van der Waals surface area contributed by atoms with E-state index in [2.05, 4.69) is 10.3 Å². The number of nitrogens with zero attached hydrogens (tertiary/aromatic N) is 1. The fourth-order valence-corrected chi connectivity index (χ4v) is 2.77. The van der Waals surface area contributed by atoms with Crippen molar-refractivity contribution in [3.63, 3.8) is 0 Å². The highest BCUT2D eigenvalue weighted by Gasteiger charge is 2.33. The molecule has 0 radical (unpaired) electrons. The summed E-state index contributed by atoms with van der Waals surface area (Å²) in [5.41, 5.74) is -0.924. The van der Waals surface area contributed by atoms with E-state index in [1.165, 1.54) is 24.3 Å². The van der Waals surface area contributed by atoms with Crippen molar-refractivity contribution in [2.45, 2.75) is 19.0 Å². The molecule has 0 bridgehead atoms. The number of aliphatic carboxylic acids is 1. The van der Waals surface area contributed by atoms with E-state index in [-0.39, 0.29) is 28.6 Å². The van der Waals surface area contributed by atoms with Gasteiger partial charge in [-0.25, -0.2) is 0 Å². The van der Waals surface area contributed by atoms with Crippen LogP contribution in [0.3, 0.4) is 0 Å². The van der Waals surface area contributed by atoms with Crippen LogP contribution in [0.1, 0.15) is 24.0 Å². The van der Waals surface area contributed by atoms with Crippen LogP contribution in [0.25, 0.3) is 6.08 Å². The molecule has 0 saturated carbocycles. The number of amides is 1. The number of thioether (sulfide) groups is 1. The van der Waals surface area contributed by atoms with Crippen LogP contribution in [0, 0.1) is 0 Å². The van der Waals surface area contributed by atoms with Gasteiger partial charge in [0.05, 0.1) is 10.5 Å². The monoisotopic (exact) mass is 358 g/mol. The first kappa shape index (κ1) is 18.1. The predicted molar refractivity (Wildman–Crippen MR) is 84.3 cm³/mol. The van der Waals surface area contributed by atoms with E-state index in [9.17, 15) is 22.8 Å². The second-order valence-corrected chi connectivity index (χ2v) is 5.86. The first-order valence-corrected chi connectivity index (χ1v) is 7.72. The maximum atomic E-state index is 13.0. The Labute approximate surface area is 139 Å². The summed E-state index contributed by atoms with van der Waals surface area (Å²) in [6, 6.07) is 4.97. The van der Waals surface area contributed by atoms with Crippen LogP contribution in [-0.4, -0.2) is 28.7 Å². The van der Waals surface area contributed by atoms with Gasteiger partial charge in [0.2, 0.25) is 0 Å². The summed E-state index contributed by atoms with van der Waals surface area (Å²) in [6.07, 6.45) is -3.08. The van der Waals surface area contributed by atoms with Gasteiger partial charge in [-0.2, -0.15) is 13.2 Å². The lowest BCUT2D eigenvalue weighted by molar-refractivity contribution is -0.138. The molecule has 0 unspecified atom stereocenters. The average Bonchev–Trinajstić information content (AvgIpc) is 2.83. The minimum Gasteiger partial charge on any atom is -0.481 e. The molecule has 1 fully saturated rings. The number of amidine groups is 1. The molecule has 0 spiro atoms. The topological polar surface area (TPSA) is 78.8 Å². The molecule has 0 aromatic heterocycles. The van der Waals surface area contributed by atoms with Crippen molar-refractivity contribution in [1.29, 1.82) is 0 Å². The van der Waals surface area contributed by atoms with Gasteiger partial charge in [0.1, 0.15) is 0 Å². The molecule has 1 aromatic carbocycles. The SMILES string of the molecule is O=C(O)CCCN=C1NC(=O)C(=Cc2ccccc2C(F)(F)F)S1. The number of carboxylic acid groups (broad SMARTS) is 1. The van der Waals surface area contributed by atoms with Gasteiger partial charge >= 0.3 is 12.1 Å². The molecular weight excluding hydrogens is 345 g/mol. The molecule has 9 heteroatoms. The highest BCUT2D eigenvalue weighted by atomic mass is 32.2. The summed E-state index contributed by atoms with van der Waals surface area (Å²) in [7, 11) is 0. The number of carbonyl (C=O) groups is 2. The molecule has 1 aromatic rings. The number of carbonyl (C=O) groups excluding carboxylic acids is 1. The van der Waals surface area contributed by atoms with Crippen molar-refractivity contribution >= 4 is 34.9 Å². The van der Waals surface area contributed by atoms with Gasteiger partial charge in [0.25, 0.3) is 5.91 Å². The average molecular weight is 358 g/mol. The second kappa shape index (κ2) is 7.52. The number of halogens is 3. The Morgan fingerprint density at radius 2 is 2.04 bits per heavy atom. The number of alkyl halides is 3. The van der Waals surface area contributed by atoms with E-state index in [4.69, 9.17) is 5.11 Å². The maximum Gasteiger partial charge on any atom is 0.416 e. The summed E-state index contributed by atoms with van der Waals surface area (Å²) in [5, 5.41) is 11.2. The Morgan fingerprint density at radius 1 is 1.33 bits per heavy atom. The van der Waals surface area contributed by atoms with Gasteiger partial charge in [-0.1, -0.05) is 18.2 Å². The highest BCUT2D eigenvalue weighted by Crippen LogP contribution is 2.34. The third kappa shape index (κ3) is 4.85. The standard InChI is InChI=1S/C15H13F3N2O3S/c16-15(17,18)10-5-2-1-4-9(10)8-11-13(23)20-14(24-11)19-7-3-6-12(21)22/h1-2,4-5,8H,3,6-7H2,(H,21,22)(H,19,20,23). The van der Waals surface area contributed by atoms with Crippen molar-refractivity contribution in [3.8, 4) is 0 Å². The summed E-state index contributed by atoms with van der Waals surface area (Å²) in [5.74, 6) is -1.48. The van der Waals surface area contributed by atoms with Crippen molar-refractivity contribution in [2.24, 2.45) is 4.99 Å². The van der Waals surface area contributed by atoms with Gasteiger partial charge < -0.3 is 10.4 Å². The highest BCUT2D eigenvalue weighted by molar-refractivity contribution is 8.18. The summed E-state index contributed by atoms with van der Waals surface area (Å²) in [4.78, 5) is 26.4. The minimum absolute atomic E-state index is 0.0446. The van der Waals surface area contributed by atoms with E-state index >= 15 is 0 Å². The molecule has 2 rings (SSSR count). The van der Waals surface area contributed by atoms with Gasteiger partial charge in [-0.05, 0) is 35.9 Å². The van der Waals surface area contributed by atoms with Crippen LogP contribution in [0.15, 0.2) is 34.2 Å². The second-order valence-electron chi connectivity index (χ2n) is 4.83. The van der Waals surface area contributed by atoms with Crippen molar-refractivity contribution in [1.82, 2.24) is 5.32 Å². The predicted octanol–water partition coefficient (Wildman–Crippen LogP) is 3.13. The lowest BCUT2D eigenvalue weighted by Gasteiger charge is -2.09. The largest absolute Gasteiger partial charge is 0.481 e. The van der Waals surface area contributed by atoms with E-state index in [1.54, 1.807) is 0 Å². The molecule has 1 amide bonds. The van der Waals surface area contributed by atoms with E-state index < -0.39 is 23.6 Å². The first-order chi connectivity index (χ1) is 11.3. The molecule has 0 aliphatic carbocycles. The number of benzene rings is 1. The van der Waals surface area contributed by atoms with Gasteiger partial charge in [-0.3, -0.25) is 14.6 Å². The summed E-state index contributed by atoms with van der Waals surface area (Å²) < 4.78 is 38.9. The molecule has 2 N–H and O–H groups in total. The van der Waals surface area contributed by atoms with Crippen molar-refractivity contribution in [2.75, 3.05) is 6.54 Å². The third-order valence-electron chi connectivity index (χ3n) is 3.01. The number of carboxylic acids is 1. The zero-order valence-electron chi connectivity index (χ0n) is 12.3. The van der Waals surface area contributed by atoms with E-state index in [0.717, 1.165) is 17.8 Å². The summed E-state index contributed by atoms with van der Waals surface area (Å²) in [6.45, 7) is 0.210. The number of hydrogen-bond donors (Lipinski definition) is 2. The molecule has 1 aliphatic rings. The maximum absolute atomic E-state index is 13.0. The zero-order chi connectivity index (χ0) is 17.7. The van der Waals surface area contributed by atoms with Crippen molar-refractivity contribution < 1.29 is 27.9 Å². The van der Waals surface area contributed by atoms with E-state index in [1.807, 2.05) is 0 Å². The van der Waals surface area contributed by atoms with Crippen LogP contribution >= 0.6 is 11.8 Å². The molecule has 128 valence electrons. The molecule has 24 heavy (non-hydrogen) atoms. The Kier molecular flexibility index (Phi) is 5.66. The lowest BCUT2D eigenvalue weighted by atomic mass is 10.1. The van der Waals surface area contributed by atoms with Crippen LogP contribution < -0.4 is 5.32 Å². The minimum atomic E-state index is -4.51. The number of aliphatic imine (C=N–C) groups is 1. The van der Waals surface area contributed by atoms with E-state index in [0.29, 0.717) is 6.42 Å². The van der Waals surface area contributed by atoms with Crippen molar-refractivity contribution in [3.05, 3.63) is 40.3 Å². The molecular formula is C15H13F3N2O3S. The third-order valence-corrected chi connectivity index (χ3v) is 3.96. The van der Waals surface area contributed by atoms with Crippen LogP contribution in [0.2, 0.25) is 0 Å². The van der Waals surface area contributed by atoms with Crippen LogP contribution in [-0.2, 0) is 15.8 Å². The number of nitrogens with one attached hydrogen (secondary N) is 1. The molecule has 1 heterocycles. The summed E-state index contributed by atoms with van der Waals surface area (Å²) >= 11 is 0.927. The molecule has 5 nitrogen and oxygen atoms in total. The fraction of sp³-hybridized carbons (Fsp3) is 0.267. The molecule has 1 saturated heterocycles. The van der Waals surface area contributed by atoms with Gasteiger partial charge in [0.15, 0.2) is 5.17 Å². The quantitative estimate of drug-likeness (QED) is 0.626. The van der Waals surface area contributed by atoms with Crippen LogP contribution in [0.5, 0.6) is 0 Å². The number of rotatable bonds is 5. The normalized spacial score (nSPS) is 18.2. The molecule has 1 aliphatic heterocycles. The van der Waals surface area contributed by atoms with Gasteiger partial charge in [0, 0.05) is 13.0 Å². The lowest BCUT2D eigenvalue weighted by Crippen LogP contribution is -2.20. The van der Waals surface area contributed by atoms with Crippen LogP contribution in [0.4, 0.5) is 13.2 Å². The Hall–Kier alpha value is -2.29. The fourth-order valence-electron chi connectivity index (χ4n) is 1.93. The Balaban J connectivity index is 2.13. The van der Waals surface area contributed by atoms with Gasteiger partial charge in [-0.15, -0.1) is 0 Å². The molecule has 0 atom stereocenters. The Bertz CT molecular complexity index is 714. The Morgan fingerprint density at radius 3 is 2.71 bits per heavy atom. The number of hydrogen-bond acceptors (Lipinski definition) is 4.